The summed E-state index contributed by atoms with van der Waals surface area (Å²) >= 11 is 9.48. The van der Waals surface area contributed by atoms with E-state index in [0.29, 0.717) is 11.4 Å². The second kappa shape index (κ2) is 6.51. The maximum atomic E-state index is 10.2. The third kappa shape index (κ3) is 3.78. The fourth-order valence-corrected chi connectivity index (χ4v) is 2.66. The number of pyridine rings is 1. The van der Waals surface area contributed by atoms with Gasteiger partial charge < -0.3 is 5.11 Å². The second-order valence-corrected chi connectivity index (χ2v) is 5.72. The molecule has 0 aliphatic heterocycles. The molecule has 1 aromatic heterocycles. The van der Waals surface area contributed by atoms with Crippen molar-refractivity contribution in [3.05, 3.63) is 62.8 Å². The summed E-state index contributed by atoms with van der Waals surface area (Å²) in [5.74, 6) is 0. The third-order valence-corrected chi connectivity index (χ3v) is 3.84. The van der Waals surface area contributed by atoms with Gasteiger partial charge in [-0.25, -0.2) is 0 Å². The van der Waals surface area contributed by atoms with Gasteiger partial charge in [-0.15, -0.1) is 0 Å². The highest BCUT2D eigenvalue weighted by Gasteiger charge is 2.13. The lowest BCUT2D eigenvalue weighted by Gasteiger charge is -2.12. The standard InChI is InChI=1S/C15H15BrClNO/c1-2-10-3-5-12(18-9-10)8-15(19)13-6-4-11(16)7-14(13)17/h3-7,9,15,19H,2,8H2,1H3. The first-order valence-electron chi connectivity index (χ1n) is 6.17. The van der Waals surface area contributed by atoms with Crippen LogP contribution in [-0.2, 0) is 12.8 Å². The Balaban J connectivity index is 2.13. The van der Waals surface area contributed by atoms with Crippen LogP contribution in [0.5, 0.6) is 0 Å². The quantitative estimate of drug-likeness (QED) is 0.898. The maximum absolute atomic E-state index is 10.2. The van der Waals surface area contributed by atoms with E-state index < -0.39 is 6.10 Å². The molecular weight excluding hydrogens is 326 g/mol. The highest BCUT2D eigenvalue weighted by molar-refractivity contribution is 9.10. The average Bonchev–Trinajstić information content (AvgIpc) is 2.39. The molecule has 4 heteroatoms. The first-order chi connectivity index (χ1) is 9.10. The van der Waals surface area contributed by atoms with Crippen LogP contribution in [0.2, 0.25) is 5.02 Å². The number of aliphatic hydroxyl groups excluding tert-OH is 1. The van der Waals surface area contributed by atoms with Crippen molar-refractivity contribution < 1.29 is 5.11 Å². The molecule has 0 aliphatic carbocycles. The summed E-state index contributed by atoms with van der Waals surface area (Å²) in [6, 6.07) is 9.48. The highest BCUT2D eigenvalue weighted by atomic mass is 79.9. The molecule has 1 aromatic carbocycles. The zero-order valence-electron chi connectivity index (χ0n) is 10.6. The van der Waals surface area contributed by atoms with Crippen molar-refractivity contribution >= 4 is 27.5 Å². The van der Waals surface area contributed by atoms with Crippen LogP contribution < -0.4 is 0 Å². The summed E-state index contributed by atoms with van der Waals surface area (Å²) in [5, 5.41) is 10.8. The van der Waals surface area contributed by atoms with E-state index in [1.807, 2.05) is 30.5 Å². The van der Waals surface area contributed by atoms with Crippen molar-refractivity contribution in [2.45, 2.75) is 25.9 Å². The van der Waals surface area contributed by atoms with Crippen molar-refractivity contribution in [2.24, 2.45) is 0 Å². The Morgan fingerprint density at radius 1 is 1.32 bits per heavy atom. The van der Waals surface area contributed by atoms with Crippen molar-refractivity contribution in [2.75, 3.05) is 0 Å². The highest BCUT2D eigenvalue weighted by Crippen LogP contribution is 2.28. The van der Waals surface area contributed by atoms with Gasteiger partial charge in [-0.3, -0.25) is 4.98 Å². The topological polar surface area (TPSA) is 33.1 Å². The first kappa shape index (κ1) is 14.5. The molecule has 0 amide bonds. The fraction of sp³-hybridized carbons (Fsp3) is 0.267. The lowest BCUT2D eigenvalue weighted by molar-refractivity contribution is 0.177. The van der Waals surface area contributed by atoms with Crippen molar-refractivity contribution in [1.82, 2.24) is 4.98 Å². The van der Waals surface area contributed by atoms with Gasteiger partial charge in [0.1, 0.15) is 0 Å². The molecule has 2 aromatic rings. The number of benzene rings is 1. The van der Waals surface area contributed by atoms with Crippen LogP contribution in [0.1, 0.15) is 29.8 Å². The van der Waals surface area contributed by atoms with Crippen LogP contribution in [0.15, 0.2) is 41.0 Å². The summed E-state index contributed by atoms with van der Waals surface area (Å²) in [6.07, 6.45) is 2.64. The average molecular weight is 341 g/mol. The molecule has 19 heavy (non-hydrogen) atoms. The molecule has 2 nitrogen and oxygen atoms in total. The van der Waals surface area contributed by atoms with Crippen LogP contribution in [0.3, 0.4) is 0 Å². The van der Waals surface area contributed by atoms with Crippen LogP contribution in [0.4, 0.5) is 0 Å². The first-order valence-corrected chi connectivity index (χ1v) is 7.34. The largest absolute Gasteiger partial charge is 0.388 e. The second-order valence-electron chi connectivity index (χ2n) is 4.40. The fourth-order valence-electron chi connectivity index (χ4n) is 1.86. The number of rotatable bonds is 4. The molecule has 0 saturated heterocycles. The van der Waals surface area contributed by atoms with Crippen LogP contribution in [0, 0.1) is 0 Å². The smallest absolute Gasteiger partial charge is 0.0859 e. The van der Waals surface area contributed by atoms with E-state index in [4.69, 9.17) is 11.6 Å². The van der Waals surface area contributed by atoms with Gasteiger partial charge in [0.25, 0.3) is 0 Å². The predicted octanol–water partition coefficient (Wildman–Crippen LogP) is 4.34. The minimum Gasteiger partial charge on any atom is -0.388 e. The van der Waals surface area contributed by atoms with Gasteiger partial charge in [-0.1, -0.05) is 46.6 Å². The predicted molar refractivity (Wildman–Crippen MR) is 81.4 cm³/mol. The van der Waals surface area contributed by atoms with Gasteiger partial charge in [-0.05, 0) is 35.7 Å². The molecule has 2 rings (SSSR count). The van der Waals surface area contributed by atoms with E-state index in [0.717, 1.165) is 22.2 Å². The SMILES string of the molecule is CCc1ccc(CC(O)c2ccc(Br)cc2Cl)nc1. The zero-order valence-corrected chi connectivity index (χ0v) is 12.9. The van der Waals surface area contributed by atoms with E-state index in [-0.39, 0.29) is 0 Å². The number of nitrogens with zero attached hydrogens (tertiary/aromatic N) is 1. The Morgan fingerprint density at radius 2 is 2.11 bits per heavy atom. The number of aliphatic hydroxyl groups is 1. The molecule has 0 bridgehead atoms. The number of halogens is 2. The van der Waals surface area contributed by atoms with E-state index in [1.165, 1.54) is 5.56 Å². The summed E-state index contributed by atoms with van der Waals surface area (Å²) < 4.78 is 0.902. The van der Waals surface area contributed by atoms with Crippen molar-refractivity contribution in [3.63, 3.8) is 0 Å². The Kier molecular flexibility index (Phi) is 4.97. The van der Waals surface area contributed by atoms with Gasteiger partial charge in [0, 0.05) is 27.8 Å². The minimum atomic E-state index is -0.638. The summed E-state index contributed by atoms with van der Waals surface area (Å²) in [7, 11) is 0. The van der Waals surface area contributed by atoms with Crippen molar-refractivity contribution in [3.8, 4) is 0 Å². The molecular formula is C15H15BrClNO. The Bertz CT molecular complexity index is 557. The maximum Gasteiger partial charge on any atom is 0.0859 e. The monoisotopic (exact) mass is 339 g/mol. The molecule has 1 atom stereocenters. The normalized spacial score (nSPS) is 12.4. The van der Waals surface area contributed by atoms with E-state index >= 15 is 0 Å². The number of hydrogen-bond acceptors (Lipinski definition) is 2. The van der Waals surface area contributed by atoms with Gasteiger partial charge in [0.15, 0.2) is 0 Å². The van der Waals surface area contributed by atoms with Gasteiger partial charge in [0.05, 0.1) is 6.10 Å². The molecule has 0 radical (unpaired) electrons. The van der Waals surface area contributed by atoms with E-state index in [2.05, 4.69) is 27.8 Å². The van der Waals surface area contributed by atoms with Gasteiger partial charge >= 0.3 is 0 Å². The summed E-state index contributed by atoms with van der Waals surface area (Å²) in [4.78, 5) is 4.35. The van der Waals surface area contributed by atoms with Crippen LogP contribution in [0.25, 0.3) is 0 Å². The Hall–Kier alpha value is -0.900. The van der Waals surface area contributed by atoms with Gasteiger partial charge in [-0.2, -0.15) is 0 Å². The molecule has 100 valence electrons. The van der Waals surface area contributed by atoms with Crippen LogP contribution in [-0.4, -0.2) is 10.1 Å². The summed E-state index contributed by atoms with van der Waals surface area (Å²) in [6.45, 7) is 2.09. The Labute approximate surface area is 126 Å². The number of aromatic nitrogens is 1. The molecule has 0 aliphatic rings. The minimum absolute atomic E-state index is 0.464. The lowest BCUT2D eigenvalue weighted by Crippen LogP contribution is -2.04. The van der Waals surface area contributed by atoms with Crippen LogP contribution >= 0.6 is 27.5 Å². The van der Waals surface area contributed by atoms with Crippen molar-refractivity contribution in [1.29, 1.82) is 0 Å². The van der Waals surface area contributed by atoms with Gasteiger partial charge in [0.2, 0.25) is 0 Å². The molecule has 1 heterocycles. The Morgan fingerprint density at radius 3 is 2.68 bits per heavy atom. The number of aryl methyl sites for hydroxylation is 1. The zero-order chi connectivity index (χ0) is 13.8. The third-order valence-electron chi connectivity index (χ3n) is 3.02. The molecule has 0 saturated carbocycles. The molecule has 0 spiro atoms. The molecule has 1 unspecified atom stereocenters. The summed E-state index contributed by atoms with van der Waals surface area (Å²) in [5.41, 5.74) is 2.79. The molecule has 0 fully saturated rings. The number of hydrogen-bond donors (Lipinski definition) is 1. The molecule has 1 N–H and O–H groups in total. The van der Waals surface area contributed by atoms with E-state index in [1.54, 1.807) is 6.07 Å². The van der Waals surface area contributed by atoms with E-state index in [9.17, 15) is 5.11 Å². The lowest BCUT2D eigenvalue weighted by atomic mass is 10.0.